The van der Waals surface area contributed by atoms with Crippen LogP contribution in [0.25, 0.3) is 0 Å². The van der Waals surface area contributed by atoms with Gasteiger partial charge in [0.15, 0.2) is 0 Å². The Balaban J connectivity index is 0. The molecule has 0 aromatic rings. The summed E-state index contributed by atoms with van der Waals surface area (Å²) in [6, 6.07) is 0. The van der Waals surface area contributed by atoms with Crippen molar-refractivity contribution in [3.63, 3.8) is 0 Å². The van der Waals surface area contributed by atoms with Gasteiger partial charge in [-0.15, -0.1) is 0 Å². The first-order chi connectivity index (χ1) is 3.33. The van der Waals surface area contributed by atoms with Crippen molar-refractivity contribution in [3.8, 4) is 0 Å². The van der Waals surface area contributed by atoms with E-state index in [9.17, 15) is 0 Å². The van der Waals surface area contributed by atoms with Crippen LogP contribution in [0.2, 0.25) is 11.0 Å². The fourth-order valence-electron chi connectivity index (χ4n) is 0. The third-order valence-electron chi connectivity index (χ3n) is 0.167. The molecule has 0 aromatic heterocycles. The van der Waals surface area contributed by atoms with E-state index in [1.807, 2.05) is 0 Å². The second-order valence-electron chi connectivity index (χ2n) is 0.825. The molecule has 7 heavy (non-hydrogen) atoms. The van der Waals surface area contributed by atoms with Gasteiger partial charge in [0.25, 0.3) is 0 Å². The van der Waals surface area contributed by atoms with E-state index in [0.29, 0.717) is 17.1 Å². The molecule has 0 aliphatic rings. The van der Waals surface area contributed by atoms with Crippen molar-refractivity contribution < 1.29 is 17.1 Å². The minimum absolute atomic E-state index is 0.710. The maximum absolute atomic E-state index is 3.36. The molecular formula is C6H12Ru. The molecule has 44 valence electrons. The average molecular weight is 185 g/mol. The molecule has 0 aromatic carbocycles. The van der Waals surface area contributed by atoms with Crippen molar-refractivity contribution in [2.24, 2.45) is 0 Å². The maximum atomic E-state index is 3.36. The predicted octanol–water partition coefficient (Wildman–Crippen LogP) is 2.52. The topological polar surface area (TPSA) is 0 Å². The summed E-state index contributed by atoms with van der Waals surface area (Å²) in [6.07, 6.45) is 3.28. The van der Waals surface area contributed by atoms with Gasteiger partial charge in [0.1, 0.15) is 0 Å². The minimum atomic E-state index is 0.710. The zero-order valence-electron chi connectivity index (χ0n) is 4.92. The average Bonchev–Trinajstić information content (AvgIpc) is 1.69. The van der Waals surface area contributed by atoms with Gasteiger partial charge in [0, 0.05) is 0 Å². The molecule has 0 atom stereocenters. The van der Waals surface area contributed by atoms with Crippen LogP contribution in [0, 0.1) is 0 Å². The van der Waals surface area contributed by atoms with Crippen molar-refractivity contribution >= 4 is 0 Å². The van der Waals surface area contributed by atoms with Gasteiger partial charge < -0.3 is 0 Å². The van der Waals surface area contributed by atoms with Crippen LogP contribution in [-0.4, -0.2) is 0 Å². The third kappa shape index (κ3) is 84.4. The van der Waals surface area contributed by atoms with Gasteiger partial charge >= 0.3 is 28.2 Å². The van der Waals surface area contributed by atoms with Gasteiger partial charge in [0.2, 0.25) is 0 Å². The van der Waals surface area contributed by atoms with E-state index in [4.69, 9.17) is 0 Å². The zero-order valence-corrected chi connectivity index (χ0v) is 6.66. The monoisotopic (exact) mass is 186 g/mol. The van der Waals surface area contributed by atoms with E-state index in [1.54, 1.807) is 12.2 Å². The van der Waals surface area contributed by atoms with Crippen LogP contribution in [0.5, 0.6) is 0 Å². The Morgan fingerprint density at radius 1 is 1.14 bits per heavy atom. The summed E-state index contributed by atoms with van der Waals surface area (Å²) in [7, 11) is 0. The first kappa shape index (κ1) is 10.2. The molecule has 0 aliphatic heterocycles. The number of hydrogen-bond acceptors (Lipinski definition) is 0. The third-order valence-corrected chi connectivity index (χ3v) is 0.167. The van der Waals surface area contributed by atoms with E-state index < -0.39 is 0 Å². The molecule has 0 heterocycles. The molecule has 0 fully saturated rings. The van der Waals surface area contributed by atoms with Gasteiger partial charge in [0.05, 0.1) is 0 Å². The fraction of sp³-hybridized carbons (Fsp3) is 0.333. The van der Waals surface area contributed by atoms with Crippen LogP contribution in [0.15, 0.2) is 25.3 Å². The van der Waals surface area contributed by atoms with Gasteiger partial charge in [-0.1, -0.05) is 25.3 Å². The zero-order chi connectivity index (χ0) is 6.12. The fourth-order valence-corrected chi connectivity index (χ4v) is 0. The van der Waals surface area contributed by atoms with Crippen molar-refractivity contribution in [2.75, 3.05) is 0 Å². The van der Waals surface area contributed by atoms with E-state index in [0.717, 1.165) is 0 Å². The van der Waals surface area contributed by atoms with E-state index in [1.165, 1.54) is 0 Å². The Hall–Kier alpha value is 0.103. The van der Waals surface area contributed by atoms with Crippen molar-refractivity contribution in [1.82, 2.24) is 0 Å². The first-order valence-electron chi connectivity index (χ1n) is 1.86. The molecule has 0 saturated carbocycles. The van der Waals surface area contributed by atoms with Gasteiger partial charge in [-0.2, -0.15) is 0 Å². The molecule has 0 spiro atoms. The molecule has 0 aliphatic carbocycles. The number of hydrogen-bond donors (Lipinski definition) is 0. The molecule has 0 amide bonds. The van der Waals surface area contributed by atoms with E-state index >= 15 is 0 Å². The van der Waals surface area contributed by atoms with Crippen LogP contribution in [0.1, 0.15) is 0 Å². The van der Waals surface area contributed by atoms with Gasteiger partial charge in [-0.3, -0.25) is 0 Å². The quantitative estimate of drug-likeness (QED) is 0.435. The Labute approximate surface area is 53.9 Å². The SMILES string of the molecule is C=CC=C.[CH3][Ru][CH3]. The van der Waals surface area contributed by atoms with Crippen molar-refractivity contribution in [3.05, 3.63) is 25.3 Å². The van der Waals surface area contributed by atoms with Crippen LogP contribution in [0.4, 0.5) is 0 Å². The summed E-state index contributed by atoms with van der Waals surface area (Å²) in [4.78, 5) is 0. The molecule has 0 saturated heterocycles. The number of allylic oxidation sites excluding steroid dienone is 2. The Morgan fingerprint density at radius 2 is 1.29 bits per heavy atom. The Morgan fingerprint density at radius 3 is 1.29 bits per heavy atom. The van der Waals surface area contributed by atoms with Crippen molar-refractivity contribution in [2.45, 2.75) is 11.0 Å². The summed E-state index contributed by atoms with van der Waals surface area (Å²) < 4.78 is 0. The molecule has 0 radical (unpaired) electrons. The molecule has 0 unspecified atom stereocenters. The van der Waals surface area contributed by atoms with Gasteiger partial charge in [-0.05, 0) is 0 Å². The Kier molecular flexibility index (Phi) is 24.0. The predicted molar refractivity (Wildman–Crippen MR) is 32.1 cm³/mol. The molecule has 1 heteroatoms. The van der Waals surface area contributed by atoms with Crippen LogP contribution in [0.3, 0.4) is 0 Å². The standard InChI is InChI=1S/C4H6.2CH3.Ru/c1-3-4-2;;;/h3-4H,1-2H2;2*1H3;. The molecule has 0 rings (SSSR count). The van der Waals surface area contributed by atoms with E-state index in [2.05, 4.69) is 24.2 Å². The Bertz CT molecular complexity index is 33.4. The van der Waals surface area contributed by atoms with Crippen LogP contribution >= 0.6 is 0 Å². The summed E-state index contributed by atoms with van der Waals surface area (Å²) in [6.45, 7) is 6.72. The summed E-state index contributed by atoms with van der Waals surface area (Å²) >= 11 is 0.710. The second kappa shape index (κ2) is 16.5. The van der Waals surface area contributed by atoms with Gasteiger partial charge in [-0.25, -0.2) is 0 Å². The summed E-state index contributed by atoms with van der Waals surface area (Å²) in [5.41, 5.74) is 4.43. The molecule has 0 N–H and O–H groups in total. The normalized spacial score (nSPS) is 6.00. The number of rotatable bonds is 1. The van der Waals surface area contributed by atoms with Crippen LogP contribution in [-0.2, 0) is 17.1 Å². The molecule has 0 bridgehead atoms. The summed E-state index contributed by atoms with van der Waals surface area (Å²) in [5.74, 6) is 0. The molecular weight excluding hydrogens is 173 g/mol. The second-order valence-corrected chi connectivity index (χ2v) is 2.56. The van der Waals surface area contributed by atoms with Crippen LogP contribution < -0.4 is 0 Å². The summed E-state index contributed by atoms with van der Waals surface area (Å²) in [5, 5.41) is 0. The molecule has 0 nitrogen and oxygen atoms in total. The van der Waals surface area contributed by atoms with E-state index in [-0.39, 0.29) is 0 Å². The van der Waals surface area contributed by atoms with Crippen molar-refractivity contribution in [1.29, 1.82) is 0 Å². The first-order valence-corrected chi connectivity index (χ1v) is 5.33.